The number of aliphatic hydroxyl groups is 3. The number of nitrogens with one attached hydrogen (secondary N) is 1. The van der Waals surface area contributed by atoms with Crippen LogP contribution in [0.1, 0.15) is 290 Å². The van der Waals surface area contributed by atoms with E-state index in [4.69, 9.17) is 0 Å². The molecule has 0 heterocycles. The monoisotopic (exact) mass is 884 g/mol. The van der Waals surface area contributed by atoms with Crippen LogP contribution in [0.2, 0.25) is 0 Å². The summed E-state index contributed by atoms with van der Waals surface area (Å²) in [6, 6.07) is -0.822. The summed E-state index contributed by atoms with van der Waals surface area (Å²) in [5, 5.41) is 33.3. The van der Waals surface area contributed by atoms with Crippen LogP contribution >= 0.6 is 0 Å². The molecule has 0 aliphatic rings. The molecule has 63 heavy (non-hydrogen) atoms. The maximum atomic E-state index is 12.5. The Morgan fingerprint density at radius 2 is 0.651 bits per heavy atom. The van der Waals surface area contributed by atoms with Crippen LogP contribution in [0.15, 0.2) is 48.6 Å². The molecule has 0 rings (SSSR count). The van der Waals surface area contributed by atoms with Crippen LogP contribution < -0.4 is 5.32 Å². The Hall–Kier alpha value is -1.69. The third-order valence-electron chi connectivity index (χ3n) is 12.9. The normalized spacial score (nSPS) is 13.7. The lowest BCUT2D eigenvalue weighted by Gasteiger charge is -2.21. The topological polar surface area (TPSA) is 89.8 Å². The summed E-state index contributed by atoms with van der Waals surface area (Å²) in [5.41, 5.74) is 0. The van der Waals surface area contributed by atoms with Crippen LogP contribution in [0.25, 0.3) is 0 Å². The number of rotatable bonds is 51. The van der Waals surface area contributed by atoms with Gasteiger partial charge >= 0.3 is 0 Å². The van der Waals surface area contributed by atoms with Gasteiger partial charge < -0.3 is 20.6 Å². The zero-order valence-electron chi connectivity index (χ0n) is 42.2. The van der Waals surface area contributed by atoms with E-state index in [1.54, 1.807) is 6.08 Å². The van der Waals surface area contributed by atoms with Crippen LogP contribution in [-0.4, -0.2) is 46.1 Å². The summed E-state index contributed by atoms with van der Waals surface area (Å²) < 4.78 is 0. The highest BCUT2D eigenvalue weighted by Crippen LogP contribution is 2.16. The molecule has 0 saturated heterocycles. The molecule has 0 bridgehead atoms. The van der Waals surface area contributed by atoms with Gasteiger partial charge in [0, 0.05) is 0 Å². The van der Waals surface area contributed by atoms with Gasteiger partial charge in [-0.1, -0.05) is 268 Å². The molecule has 3 atom stereocenters. The smallest absolute Gasteiger partial charge is 0.249 e. The minimum atomic E-state index is -1.11. The molecule has 4 N–H and O–H groups in total. The number of hydrogen-bond acceptors (Lipinski definition) is 4. The second-order valence-corrected chi connectivity index (χ2v) is 19.1. The van der Waals surface area contributed by atoms with Crippen LogP contribution in [0.4, 0.5) is 0 Å². The maximum absolute atomic E-state index is 12.5. The zero-order valence-corrected chi connectivity index (χ0v) is 42.2. The van der Waals surface area contributed by atoms with Crippen molar-refractivity contribution in [3.05, 3.63) is 48.6 Å². The number of allylic oxidation sites excluding steroid dienone is 7. The van der Waals surface area contributed by atoms with Crippen LogP contribution in [-0.2, 0) is 4.79 Å². The second-order valence-electron chi connectivity index (χ2n) is 19.1. The largest absolute Gasteiger partial charge is 0.394 e. The Kier molecular flexibility index (Phi) is 51.5. The molecular weight excluding hydrogens is 775 g/mol. The first-order valence-electron chi connectivity index (χ1n) is 28.0. The van der Waals surface area contributed by atoms with Gasteiger partial charge in [-0.15, -0.1) is 0 Å². The summed E-state index contributed by atoms with van der Waals surface area (Å²) in [7, 11) is 0. The molecule has 0 aromatic carbocycles. The van der Waals surface area contributed by atoms with E-state index in [0.29, 0.717) is 6.42 Å². The van der Waals surface area contributed by atoms with Gasteiger partial charge in [-0.3, -0.25) is 4.79 Å². The molecular formula is C58H109NO4. The highest BCUT2D eigenvalue weighted by atomic mass is 16.3. The van der Waals surface area contributed by atoms with E-state index in [2.05, 4.69) is 55.6 Å². The Balaban J connectivity index is 3.58. The molecule has 5 heteroatoms. The van der Waals surface area contributed by atoms with Gasteiger partial charge in [0.15, 0.2) is 0 Å². The Bertz CT molecular complexity index is 1020. The number of amides is 1. The lowest BCUT2D eigenvalue weighted by atomic mass is 10.0. The maximum Gasteiger partial charge on any atom is 0.249 e. The first-order valence-corrected chi connectivity index (χ1v) is 28.0. The molecule has 0 spiro atoms. The first kappa shape index (κ1) is 61.3. The summed E-state index contributed by atoms with van der Waals surface area (Å²) in [4.78, 5) is 12.5. The van der Waals surface area contributed by atoms with Gasteiger partial charge in [-0.05, 0) is 70.6 Å². The molecule has 0 aromatic rings. The zero-order chi connectivity index (χ0) is 45.8. The lowest BCUT2D eigenvalue weighted by molar-refractivity contribution is -0.131. The van der Waals surface area contributed by atoms with Crippen LogP contribution in [0.3, 0.4) is 0 Å². The Morgan fingerprint density at radius 3 is 0.968 bits per heavy atom. The average Bonchev–Trinajstić information content (AvgIpc) is 3.29. The number of carbonyl (C=O) groups is 1. The highest BCUT2D eigenvalue weighted by molar-refractivity contribution is 5.80. The van der Waals surface area contributed by atoms with Crippen molar-refractivity contribution in [3.8, 4) is 0 Å². The van der Waals surface area contributed by atoms with Crippen molar-refractivity contribution >= 4 is 5.91 Å². The molecule has 5 nitrogen and oxygen atoms in total. The fourth-order valence-corrected chi connectivity index (χ4v) is 8.51. The fraction of sp³-hybridized carbons (Fsp3) is 0.845. The molecule has 0 saturated carbocycles. The summed E-state index contributed by atoms with van der Waals surface area (Å²) >= 11 is 0. The van der Waals surface area contributed by atoms with E-state index >= 15 is 0 Å². The average molecular weight is 885 g/mol. The molecule has 3 unspecified atom stereocenters. The van der Waals surface area contributed by atoms with Crippen molar-refractivity contribution in [2.45, 2.75) is 308 Å². The number of hydrogen-bond donors (Lipinski definition) is 4. The standard InChI is InChI=1S/C58H109NO4/c1-3-5-7-9-11-13-15-17-19-21-23-24-25-26-27-28-29-30-31-32-33-34-35-37-39-41-43-45-47-49-51-53-57(62)58(63)59-55(54-60)56(61)52-50-48-46-44-42-40-38-36-22-20-18-16-14-12-10-8-6-4-2/h22,26-27,36,42,44,50,52,55-57,60-62H,3-21,23-25,28-35,37-41,43,45-49,51,53-54H2,1-2H3,(H,59,63)/b27-26-,36-22+,44-42+,52-50+. The SMILES string of the molecule is CCCCCCCCCC/C=C/CC/C=C/CC/C=C/C(O)C(CO)NC(=O)C(O)CCCCCCCCCCCCCCCCC/C=C\CCCCCCCCCCCCCC. The lowest BCUT2D eigenvalue weighted by Crippen LogP contribution is -2.48. The predicted octanol–water partition coefficient (Wildman–Crippen LogP) is 17.2. The van der Waals surface area contributed by atoms with E-state index in [1.807, 2.05) is 6.08 Å². The number of carbonyl (C=O) groups excluding carboxylic acids is 1. The second kappa shape index (κ2) is 52.9. The van der Waals surface area contributed by atoms with Gasteiger partial charge in [0.25, 0.3) is 0 Å². The molecule has 1 amide bonds. The van der Waals surface area contributed by atoms with E-state index < -0.39 is 24.2 Å². The van der Waals surface area contributed by atoms with E-state index in [9.17, 15) is 20.1 Å². The van der Waals surface area contributed by atoms with Crippen molar-refractivity contribution in [1.29, 1.82) is 0 Å². The van der Waals surface area contributed by atoms with Crippen molar-refractivity contribution in [2.24, 2.45) is 0 Å². The quantitative estimate of drug-likeness (QED) is 0.0362. The third kappa shape index (κ3) is 48.1. The van der Waals surface area contributed by atoms with Gasteiger partial charge in [0.1, 0.15) is 6.10 Å². The molecule has 370 valence electrons. The van der Waals surface area contributed by atoms with Crippen LogP contribution in [0.5, 0.6) is 0 Å². The van der Waals surface area contributed by atoms with Gasteiger partial charge in [-0.2, -0.15) is 0 Å². The molecule has 0 aliphatic heterocycles. The van der Waals surface area contributed by atoms with E-state index in [-0.39, 0.29) is 6.61 Å². The van der Waals surface area contributed by atoms with E-state index in [1.165, 1.54) is 225 Å². The van der Waals surface area contributed by atoms with Gasteiger partial charge in [0.2, 0.25) is 5.91 Å². The third-order valence-corrected chi connectivity index (χ3v) is 12.9. The molecule has 0 radical (unpaired) electrons. The van der Waals surface area contributed by atoms with Crippen molar-refractivity contribution in [3.63, 3.8) is 0 Å². The fourth-order valence-electron chi connectivity index (χ4n) is 8.51. The summed E-state index contributed by atoms with van der Waals surface area (Å²) in [6.07, 6.45) is 70.5. The predicted molar refractivity (Wildman–Crippen MR) is 277 cm³/mol. The van der Waals surface area contributed by atoms with Gasteiger partial charge in [-0.25, -0.2) is 0 Å². The Morgan fingerprint density at radius 1 is 0.381 bits per heavy atom. The Labute approximate surface area is 393 Å². The number of unbranched alkanes of at least 4 members (excludes halogenated alkanes) is 37. The minimum absolute atomic E-state index is 0.381. The van der Waals surface area contributed by atoms with Crippen LogP contribution in [0, 0.1) is 0 Å². The van der Waals surface area contributed by atoms with Crippen molar-refractivity contribution in [1.82, 2.24) is 5.32 Å². The number of aliphatic hydroxyl groups excluding tert-OH is 3. The molecule has 0 aliphatic carbocycles. The highest BCUT2D eigenvalue weighted by Gasteiger charge is 2.22. The molecule has 0 aromatic heterocycles. The van der Waals surface area contributed by atoms with Crippen molar-refractivity contribution < 1.29 is 20.1 Å². The van der Waals surface area contributed by atoms with Gasteiger partial charge in [0.05, 0.1) is 18.8 Å². The molecule has 0 fully saturated rings. The van der Waals surface area contributed by atoms with Crippen molar-refractivity contribution in [2.75, 3.05) is 6.61 Å². The minimum Gasteiger partial charge on any atom is -0.394 e. The first-order chi connectivity index (χ1) is 31.1. The van der Waals surface area contributed by atoms with E-state index in [0.717, 1.165) is 44.9 Å². The summed E-state index contributed by atoms with van der Waals surface area (Å²) in [6.45, 7) is 4.18. The summed E-state index contributed by atoms with van der Waals surface area (Å²) in [5.74, 6) is -0.515.